The molecule has 1 aromatic rings. The van der Waals surface area contributed by atoms with Crippen LogP contribution in [0.15, 0.2) is 24.3 Å². The third kappa shape index (κ3) is 4.36. The zero-order valence-electron chi connectivity index (χ0n) is 15.2. The van der Waals surface area contributed by atoms with Gasteiger partial charge in [-0.1, -0.05) is 29.8 Å². The lowest BCUT2D eigenvalue weighted by Crippen LogP contribution is -2.60. The molecule has 0 aromatic heterocycles. The first kappa shape index (κ1) is 18.3. The van der Waals surface area contributed by atoms with Gasteiger partial charge in [0.2, 0.25) is 11.8 Å². The molecule has 2 aliphatic heterocycles. The fourth-order valence-electron chi connectivity index (χ4n) is 3.28. The zero-order chi connectivity index (χ0) is 18.0. The number of piperazine rings is 1. The number of rotatable bonds is 3. The highest BCUT2D eigenvalue weighted by molar-refractivity contribution is 8.01. The monoisotopic (exact) mass is 361 g/mol. The lowest BCUT2D eigenvalue weighted by Gasteiger charge is -2.39. The normalized spacial score (nSPS) is 24.0. The molecular formula is C19H27N3O2S. The Balaban J connectivity index is 1.50. The van der Waals surface area contributed by atoms with E-state index in [9.17, 15) is 9.59 Å². The van der Waals surface area contributed by atoms with Crippen LogP contribution in [0, 0.1) is 6.92 Å². The first-order chi connectivity index (χ1) is 11.8. The van der Waals surface area contributed by atoms with Crippen molar-refractivity contribution in [1.29, 1.82) is 0 Å². The maximum Gasteiger partial charge on any atom is 0.246 e. The average molecular weight is 362 g/mol. The summed E-state index contributed by atoms with van der Waals surface area (Å²) < 4.78 is -0.441. The van der Waals surface area contributed by atoms with E-state index in [1.165, 1.54) is 11.1 Å². The first-order valence-corrected chi connectivity index (χ1v) is 9.85. The molecule has 0 spiro atoms. The van der Waals surface area contributed by atoms with E-state index in [0.29, 0.717) is 5.75 Å². The van der Waals surface area contributed by atoms with Gasteiger partial charge in [0.05, 0.1) is 4.75 Å². The maximum absolute atomic E-state index is 12.7. The fourth-order valence-corrected chi connectivity index (χ4v) is 4.28. The Morgan fingerprint density at radius 2 is 2.00 bits per heavy atom. The predicted octanol–water partition coefficient (Wildman–Crippen LogP) is 1.65. The summed E-state index contributed by atoms with van der Waals surface area (Å²) >= 11 is 1.56. The first-order valence-electron chi connectivity index (χ1n) is 8.87. The molecule has 1 atom stereocenters. The molecule has 0 radical (unpaired) electrons. The molecule has 0 aliphatic carbocycles. The van der Waals surface area contributed by atoms with Crippen LogP contribution in [0.5, 0.6) is 0 Å². The zero-order valence-corrected chi connectivity index (χ0v) is 16.1. The van der Waals surface area contributed by atoms with Crippen molar-refractivity contribution in [3.8, 4) is 0 Å². The van der Waals surface area contributed by atoms with Gasteiger partial charge in [0, 0.05) is 38.5 Å². The van der Waals surface area contributed by atoms with Gasteiger partial charge in [-0.05, 0) is 26.3 Å². The van der Waals surface area contributed by atoms with Crippen molar-refractivity contribution in [2.45, 2.75) is 38.1 Å². The smallest absolute Gasteiger partial charge is 0.246 e. The summed E-state index contributed by atoms with van der Waals surface area (Å²) in [6.45, 7) is 10.0. The number of hydrogen-bond donors (Lipinski definition) is 1. The van der Waals surface area contributed by atoms with Crippen LogP contribution in [0.25, 0.3) is 0 Å². The van der Waals surface area contributed by atoms with E-state index in [1.807, 2.05) is 18.7 Å². The Kier molecular flexibility index (Phi) is 5.39. The standard InChI is InChI=1S/C19H27N3O2S/c1-14-5-4-6-15(11-14)12-21-7-9-22(10-8-21)17(23)16-13-25-19(2,3)18(24)20-16/h4-6,11,16H,7-10,12-13H2,1-3H3,(H,20,24)/t16-/m0/s1. The molecule has 0 saturated carbocycles. The van der Waals surface area contributed by atoms with E-state index in [0.717, 1.165) is 32.7 Å². The SMILES string of the molecule is Cc1cccc(CN2CCN(C(=O)[C@@H]3CSC(C)(C)C(=O)N3)CC2)c1. The van der Waals surface area contributed by atoms with Crippen molar-refractivity contribution in [2.24, 2.45) is 0 Å². The second-order valence-electron chi connectivity index (χ2n) is 7.44. The number of carbonyl (C=O) groups excluding carboxylic acids is 2. The topological polar surface area (TPSA) is 52.7 Å². The molecule has 2 saturated heterocycles. The van der Waals surface area contributed by atoms with Gasteiger partial charge in [0.15, 0.2) is 0 Å². The van der Waals surface area contributed by atoms with E-state index >= 15 is 0 Å². The van der Waals surface area contributed by atoms with Crippen LogP contribution in [0.4, 0.5) is 0 Å². The van der Waals surface area contributed by atoms with E-state index in [2.05, 4.69) is 41.4 Å². The number of aryl methyl sites for hydroxylation is 1. The van der Waals surface area contributed by atoms with Crippen molar-refractivity contribution in [2.75, 3.05) is 31.9 Å². The Hall–Kier alpha value is -1.53. The summed E-state index contributed by atoms with van der Waals surface area (Å²) in [4.78, 5) is 29.1. The van der Waals surface area contributed by atoms with E-state index in [1.54, 1.807) is 11.8 Å². The maximum atomic E-state index is 12.7. The molecule has 6 heteroatoms. The van der Waals surface area contributed by atoms with Gasteiger partial charge in [0.1, 0.15) is 6.04 Å². The van der Waals surface area contributed by atoms with Crippen LogP contribution in [-0.2, 0) is 16.1 Å². The summed E-state index contributed by atoms with van der Waals surface area (Å²) in [7, 11) is 0. The molecule has 3 rings (SSSR count). The molecular weight excluding hydrogens is 334 g/mol. The van der Waals surface area contributed by atoms with Crippen molar-refractivity contribution in [1.82, 2.24) is 15.1 Å². The van der Waals surface area contributed by atoms with E-state index < -0.39 is 4.75 Å². The van der Waals surface area contributed by atoms with Crippen molar-refractivity contribution in [3.63, 3.8) is 0 Å². The van der Waals surface area contributed by atoms with Crippen LogP contribution in [0.1, 0.15) is 25.0 Å². The minimum absolute atomic E-state index is 0.0415. The van der Waals surface area contributed by atoms with Gasteiger partial charge in [-0.15, -0.1) is 11.8 Å². The van der Waals surface area contributed by atoms with Gasteiger partial charge in [0.25, 0.3) is 0 Å². The Morgan fingerprint density at radius 1 is 1.28 bits per heavy atom. The number of benzene rings is 1. The molecule has 136 valence electrons. The second-order valence-corrected chi connectivity index (χ2v) is 9.08. The molecule has 1 N–H and O–H groups in total. The minimum atomic E-state index is -0.441. The Labute approximate surface area is 154 Å². The summed E-state index contributed by atoms with van der Waals surface area (Å²) in [6, 6.07) is 8.19. The molecule has 2 heterocycles. The lowest BCUT2D eigenvalue weighted by atomic mass is 10.1. The molecule has 2 fully saturated rings. The largest absolute Gasteiger partial charge is 0.342 e. The number of carbonyl (C=O) groups is 2. The highest BCUT2D eigenvalue weighted by Gasteiger charge is 2.39. The molecule has 5 nitrogen and oxygen atoms in total. The summed E-state index contributed by atoms with van der Waals surface area (Å²) in [5.74, 6) is 0.674. The molecule has 1 aromatic carbocycles. The molecule has 0 bridgehead atoms. The van der Waals surface area contributed by atoms with Gasteiger partial charge in [-0.3, -0.25) is 14.5 Å². The lowest BCUT2D eigenvalue weighted by molar-refractivity contribution is -0.138. The van der Waals surface area contributed by atoms with Gasteiger partial charge in [-0.2, -0.15) is 0 Å². The highest BCUT2D eigenvalue weighted by Crippen LogP contribution is 2.29. The fraction of sp³-hybridized carbons (Fsp3) is 0.579. The van der Waals surface area contributed by atoms with E-state index in [4.69, 9.17) is 0 Å². The van der Waals surface area contributed by atoms with Crippen LogP contribution in [0.2, 0.25) is 0 Å². The Morgan fingerprint density at radius 3 is 2.64 bits per heavy atom. The molecule has 2 aliphatic rings. The third-order valence-corrected chi connectivity index (χ3v) is 6.34. The summed E-state index contributed by atoms with van der Waals surface area (Å²) in [6.07, 6.45) is 0. The Bertz CT molecular complexity index is 654. The number of thioether (sulfide) groups is 1. The number of amides is 2. The third-order valence-electron chi connectivity index (χ3n) is 4.93. The van der Waals surface area contributed by atoms with Crippen LogP contribution < -0.4 is 5.32 Å². The second kappa shape index (κ2) is 7.38. The molecule has 2 amide bonds. The number of hydrogen-bond acceptors (Lipinski definition) is 4. The van der Waals surface area contributed by atoms with Crippen molar-refractivity contribution >= 4 is 23.6 Å². The number of nitrogens with zero attached hydrogens (tertiary/aromatic N) is 2. The van der Waals surface area contributed by atoms with Crippen molar-refractivity contribution < 1.29 is 9.59 Å². The minimum Gasteiger partial charge on any atom is -0.342 e. The average Bonchev–Trinajstić information content (AvgIpc) is 2.57. The predicted molar refractivity (Wildman–Crippen MR) is 102 cm³/mol. The summed E-state index contributed by atoms with van der Waals surface area (Å²) in [5.41, 5.74) is 2.60. The van der Waals surface area contributed by atoms with Gasteiger partial charge < -0.3 is 10.2 Å². The van der Waals surface area contributed by atoms with Crippen LogP contribution in [-0.4, -0.2) is 64.3 Å². The van der Waals surface area contributed by atoms with Crippen molar-refractivity contribution in [3.05, 3.63) is 35.4 Å². The van der Waals surface area contributed by atoms with Gasteiger partial charge in [-0.25, -0.2) is 0 Å². The van der Waals surface area contributed by atoms with Crippen LogP contribution >= 0.6 is 11.8 Å². The van der Waals surface area contributed by atoms with Gasteiger partial charge >= 0.3 is 0 Å². The quantitative estimate of drug-likeness (QED) is 0.889. The van der Waals surface area contributed by atoms with Crippen LogP contribution in [0.3, 0.4) is 0 Å². The molecule has 25 heavy (non-hydrogen) atoms. The summed E-state index contributed by atoms with van der Waals surface area (Å²) in [5, 5.41) is 2.90. The number of nitrogens with one attached hydrogen (secondary N) is 1. The van der Waals surface area contributed by atoms with E-state index in [-0.39, 0.29) is 17.9 Å². The highest BCUT2D eigenvalue weighted by atomic mass is 32.2. The molecule has 0 unspecified atom stereocenters.